The van der Waals surface area contributed by atoms with Crippen molar-refractivity contribution in [2.75, 3.05) is 11.5 Å². The second kappa shape index (κ2) is 7.75. The summed E-state index contributed by atoms with van der Waals surface area (Å²) in [5.74, 6) is -0.883. The second-order valence-corrected chi connectivity index (χ2v) is 6.78. The summed E-state index contributed by atoms with van der Waals surface area (Å²) in [7, 11) is 0. The van der Waals surface area contributed by atoms with Gasteiger partial charge in [-0.3, -0.25) is 14.9 Å². The molecule has 138 valence electrons. The number of imide groups is 2. The van der Waals surface area contributed by atoms with Crippen molar-refractivity contribution in [3.05, 3.63) is 63.6 Å². The number of ether oxygens (including phenoxy) is 1. The van der Waals surface area contributed by atoms with Gasteiger partial charge < -0.3 is 4.74 Å². The van der Waals surface area contributed by atoms with Gasteiger partial charge in [0.05, 0.1) is 12.3 Å². The molecular weight excluding hydrogens is 412 g/mol. The van der Waals surface area contributed by atoms with Crippen LogP contribution in [0.4, 0.5) is 10.5 Å². The third-order valence-electron chi connectivity index (χ3n) is 4.03. The maximum Gasteiger partial charge on any atom is 0.335 e. The fraction of sp³-hybridized carbons (Fsp3) is 0.150. The van der Waals surface area contributed by atoms with Crippen molar-refractivity contribution in [3.63, 3.8) is 0 Å². The fourth-order valence-corrected chi connectivity index (χ4v) is 3.14. The summed E-state index contributed by atoms with van der Waals surface area (Å²) in [5.41, 5.74) is 1.59. The van der Waals surface area contributed by atoms with Crippen molar-refractivity contribution in [3.8, 4) is 5.75 Å². The fourth-order valence-electron chi connectivity index (χ4n) is 2.77. The first-order chi connectivity index (χ1) is 12.9. The van der Waals surface area contributed by atoms with Crippen LogP contribution in [-0.2, 0) is 9.59 Å². The van der Waals surface area contributed by atoms with Crippen molar-refractivity contribution in [1.82, 2.24) is 5.32 Å². The Bertz CT molecular complexity index is 968. The van der Waals surface area contributed by atoms with Crippen LogP contribution in [0.25, 0.3) is 6.08 Å². The van der Waals surface area contributed by atoms with Crippen LogP contribution in [0.1, 0.15) is 18.1 Å². The van der Waals surface area contributed by atoms with Crippen LogP contribution < -0.4 is 15.0 Å². The van der Waals surface area contributed by atoms with Crippen LogP contribution >= 0.6 is 15.9 Å². The lowest BCUT2D eigenvalue weighted by molar-refractivity contribution is -0.122. The van der Waals surface area contributed by atoms with E-state index in [1.54, 1.807) is 43.3 Å². The Balaban J connectivity index is 2.08. The number of amides is 4. The summed E-state index contributed by atoms with van der Waals surface area (Å²) >= 11 is 3.38. The predicted octanol–water partition coefficient (Wildman–Crippen LogP) is 3.82. The molecule has 1 fully saturated rings. The summed E-state index contributed by atoms with van der Waals surface area (Å²) in [5, 5.41) is 2.23. The molecule has 6 nitrogen and oxygen atoms in total. The summed E-state index contributed by atoms with van der Waals surface area (Å²) in [6, 6.07) is 11.5. The van der Waals surface area contributed by atoms with E-state index in [1.807, 2.05) is 13.0 Å². The van der Waals surface area contributed by atoms with E-state index in [0.29, 0.717) is 23.6 Å². The smallest absolute Gasteiger partial charge is 0.335 e. The Kier molecular flexibility index (Phi) is 5.41. The standard InChI is InChI=1S/C20H17BrN2O4/c1-3-27-17-9-8-14(21)10-13(17)11-15-18(24)22-20(26)23(19(15)25)16-7-5-4-6-12(16)2/h4-11H,3H2,1-2H3,(H,22,24,26)/b15-11+. The topological polar surface area (TPSA) is 75.7 Å². The van der Waals surface area contributed by atoms with E-state index in [1.165, 1.54) is 6.08 Å². The molecule has 4 amide bonds. The molecule has 1 saturated heterocycles. The van der Waals surface area contributed by atoms with E-state index in [4.69, 9.17) is 4.74 Å². The second-order valence-electron chi connectivity index (χ2n) is 5.86. The molecule has 0 radical (unpaired) electrons. The van der Waals surface area contributed by atoms with Crippen molar-refractivity contribution in [2.24, 2.45) is 0 Å². The normalized spacial score (nSPS) is 15.9. The van der Waals surface area contributed by atoms with Gasteiger partial charge in [0.1, 0.15) is 11.3 Å². The number of rotatable bonds is 4. The zero-order chi connectivity index (χ0) is 19.6. The SMILES string of the molecule is CCOc1ccc(Br)cc1/C=C1\C(=O)NC(=O)N(c2ccccc2C)C1=O. The zero-order valence-electron chi connectivity index (χ0n) is 14.8. The van der Waals surface area contributed by atoms with Crippen LogP contribution in [0, 0.1) is 6.92 Å². The average Bonchev–Trinajstić information content (AvgIpc) is 2.62. The first-order valence-corrected chi connectivity index (χ1v) is 9.11. The molecule has 7 heteroatoms. The summed E-state index contributed by atoms with van der Waals surface area (Å²) in [4.78, 5) is 38.6. The molecule has 0 bridgehead atoms. The Morgan fingerprint density at radius 1 is 1.15 bits per heavy atom. The van der Waals surface area contributed by atoms with Crippen molar-refractivity contribution in [1.29, 1.82) is 0 Å². The molecule has 0 aromatic heterocycles. The predicted molar refractivity (Wildman–Crippen MR) is 105 cm³/mol. The molecule has 0 unspecified atom stereocenters. The molecule has 1 N–H and O–H groups in total. The maximum atomic E-state index is 13.0. The molecule has 27 heavy (non-hydrogen) atoms. The minimum absolute atomic E-state index is 0.142. The van der Waals surface area contributed by atoms with E-state index in [0.717, 1.165) is 14.9 Å². The van der Waals surface area contributed by atoms with Gasteiger partial charge in [0.25, 0.3) is 11.8 Å². The Morgan fingerprint density at radius 2 is 1.89 bits per heavy atom. The van der Waals surface area contributed by atoms with E-state index >= 15 is 0 Å². The minimum Gasteiger partial charge on any atom is -0.493 e. The number of nitrogens with zero attached hydrogens (tertiary/aromatic N) is 1. The number of carbonyl (C=O) groups is 3. The van der Waals surface area contributed by atoms with Crippen LogP contribution in [0.15, 0.2) is 52.5 Å². The number of para-hydroxylation sites is 1. The number of benzene rings is 2. The highest BCUT2D eigenvalue weighted by Crippen LogP contribution is 2.29. The molecule has 1 aliphatic rings. The lowest BCUT2D eigenvalue weighted by atomic mass is 10.1. The van der Waals surface area contributed by atoms with Crippen LogP contribution in [-0.4, -0.2) is 24.5 Å². The number of halogens is 1. The van der Waals surface area contributed by atoms with E-state index in [9.17, 15) is 14.4 Å². The van der Waals surface area contributed by atoms with Gasteiger partial charge in [-0.15, -0.1) is 0 Å². The van der Waals surface area contributed by atoms with E-state index in [-0.39, 0.29) is 5.57 Å². The highest BCUT2D eigenvalue weighted by atomic mass is 79.9. The van der Waals surface area contributed by atoms with Crippen molar-refractivity contribution >= 4 is 45.5 Å². The first-order valence-electron chi connectivity index (χ1n) is 8.31. The maximum absolute atomic E-state index is 13.0. The summed E-state index contributed by atoms with van der Waals surface area (Å²) in [6.07, 6.45) is 1.44. The number of nitrogens with one attached hydrogen (secondary N) is 1. The zero-order valence-corrected chi connectivity index (χ0v) is 16.4. The number of hydrogen-bond donors (Lipinski definition) is 1. The number of anilines is 1. The van der Waals surface area contributed by atoms with E-state index < -0.39 is 17.8 Å². The van der Waals surface area contributed by atoms with Crippen LogP contribution in [0.3, 0.4) is 0 Å². The third kappa shape index (κ3) is 3.78. The number of hydrogen-bond acceptors (Lipinski definition) is 4. The Morgan fingerprint density at radius 3 is 2.59 bits per heavy atom. The number of barbiturate groups is 1. The quantitative estimate of drug-likeness (QED) is 0.592. The Hall–Kier alpha value is -2.93. The highest BCUT2D eigenvalue weighted by molar-refractivity contribution is 9.10. The summed E-state index contributed by atoms with van der Waals surface area (Å²) in [6.45, 7) is 4.07. The monoisotopic (exact) mass is 428 g/mol. The lowest BCUT2D eigenvalue weighted by Gasteiger charge is -2.27. The largest absolute Gasteiger partial charge is 0.493 e. The first kappa shape index (κ1) is 18.8. The molecule has 0 saturated carbocycles. The number of aryl methyl sites for hydroxylation is 1. The van der Waals surface area contributed by atoms with Crippen molar-refractivity contribution < 1.29 is 19.1 Å². The molecule has 0 spiro atoms. The third-order valence-corrected chi connectivity index (χ3v) is 4.52. The molecule has 0 atom stereocenters. The van der Waals surface area contributed by atoms with Gasteiger partial charge in [0.2, 0.25) is 0 Å². The molecule has 2 aromatic rings. The van der Waals surface area contributed by atoms with Gasteiger partial charge in [-0.25, -0.2) is 9.69 Å². The number of carbonyl (C=O) groups excluding carboxylic acids is 3. The molecule has 1 aliphatic heterocycles. The van der Waals surface area contributed by atoms with Gasteiger partial charge in [-0.05, 0) is 49.8 Å². The Labute approximate surface area is 164 Å². The molecule has 1 heterocycles. The van der Waals surface area contributed by atoms with Gasteiger partial charge >= 0.3 is 6.03 Å². The van der Waals surface area contributed by atoms with Gasteiger partial charge in [0, 0.05) is 10.0 Å². The molecule has 2 aromatic carbocycles. The lowest BCUT2D eigenvalue weighted by Crippen LogP contribution is -2.54. The van der Waals surface area contributed by atoms with Gasteiger partial charge in [0.15, 0.2) is 0 Å². The minimum atomic E-state index is -0.768. The number of urea groups is 1. The summed E-state index contributed by atoms with van der Waals surface area (Å²) < 4.78 is 6.34. The molecule has 3 rings (SSSR count). The van der Waals surface area contributed by atoms with Crippen molar-refractivity contribution in [2.45, 2.75) is 13.8 Å². The highest BCUT2D eigenvalue weighted by Gasteiger charge is 2.37. The molecular formula is C20H17BrN2O4. The molecule has 0 aliphatic carbocycles. The van der Waals surface area contributed by atoms with Gasteiger partial charge in [-0.1, -0.05) is 34.1 Å². The van der Waals surface area contributed by atoms with E-state index in [2.05, 4.69) is 21.2 Å². The van der Waals surface area contributed by atoms with Crippen LogP contribution in [0.2, 0.25) is 0 Å². The van der Waals surface area contributed by atoms with Gasteiger partial charge in [-0.2, -0.15) is 0 Å². The average molecular weight is 429 g/mol. The van der Waals surface area contributed by atoms with Crippen LogP contribution in [0.5, 0.6) is 5.75 Å².